The monoisotopic (exact) mass is 636 g/mol. The molecule has 0 unspecified atom stereocenters. The number of halogens is 4. The van der Waals surface area contributed by atoms with Gasteiger partial charge in [-0.15, -0.1) is 0 Å². The number of carbonyl (C=O) groups is 1. The highest BCUT2D eigenvalue weighted by Crippen LogP contribution is 2.30. The molecule has 0 saturated heterocycles. The second-order valence-electron chi connectivity index (χ2n) is 9.83. The van der Waals surface area contributed by atoms with Gasteiger partial charge in [-0.2, -0.15) is 21.6 Å². The van der Waals surface area contributed by atoms with Gasteiger partial charge in [-0.25, -0.2) is 18.7 Å². The Kier molecular flexibility index (Phi) is 9.61. The van der Waals surface area contributed by atoms with E-state index in [9.17, 15) is 31.2 Å². The van der Waals surface area contributed by atoms with E-state index >= 15 is 4.39 Å². The van der Waals surface area contributed by atoms with E-state index in [1.54, 1.807) is 0 Å². The number of amides is 1. The van der Waals surface area contributed by atoms with Crippen LogP contribution in [0.1, 0.15) is 27.8 Å². The summed E-state index contributed by atoms with van der Waals surface area (Å²) in [5.41, 5.74) is -1.26. The lowest BCUT2D eigenvalue weighted by molar-refractivity contribution is -0.137. The highest BCUT2D eigenvalue weighted by Gasteiger charge is 2.30. The lowest BCUT2D eigenvalue weighted by Gasteiger charge is -2.16. The molecule has 0 aliphatic carbocycles. The fraction of sp³-hybridized carbons (Fsp3) is 0.241. The molecule has 0 aliphatic rings. The van der Waals surface area contributed by atoms with Gasteiger partial charge in [0.25, 0.3) is 10.2 Å². The highest BCUT2D eigenvalue weighted by molar-refractivity contribution is 7.90. The maximum absolute atomic E-state index is 15.4. The Balaban J connectivity index is 1.74. The van der Waals surface area contributed by atoms with Crippen molar-refractivity contribution < 1.29 is 39.9 Å². The van der Waals surface area contributed by atoms with E-state index in [-0.39, 0.29) is 47.7 Å². The number of carbonyl (C=O) groups excluding carboxylic acids is 1. The van der Waals surface area contributed by atoms with Crippen LogP contribution in [0.5, 0.6) is 5.75 Å². The number of anilines is 1. The Morgan fingerprint density at radius 1 is 1.00 bits per heavy atom. The second-order valence-corrected chi connectivity index (χ2v) is 11.5. The Hall–Kier alpha value is -4.47. The molecule has 44 heavy (non-hydrogen) atoms. The zero-order valence-electron chi connectivity index (χ0n) is 23.7. The molecule has 4 aromatic rings. The van der Waals surface area contributed by atoms with Crippen molar-refractivity contribution in [3.05, 3.63) is 105 Å². The molecule has 4 rings (SSSR count). The zero-order valence-corrected chi connectivity index (χ0v) is 24.5. The van der Waals surface area contributed by atoms with Gasteiger partial charge >= 0.3 is 17.9 Å². The number of ether oxygens (including phenoxy) is 1. The summed E-state index contributed by atoms with van der Waals surface area (Å²) >= 11 is 0. The van der Waals surface area contributed by atoms with Gasteiger partial charge in [0.15, 0.2) is 5.82 Å². The van der Waals surface area contributed by atoms with Gasteiger partial charge in [-0.1, -0.05) is 30.3 Å². The van der Waals surface area contributed by atoms with E-state index in [1.807, 2.05) is 4.72 Å². The van der Waals surface area contributed by atoms with Gasteiger partial charge in [-0.05, 0) is 41.0 Å². The summed E-state index contributed by atoms with van der Waals surface area (Å²) in [7, 11) is 0.0861. The highest BCUT2D eigenvalue weighted by atomic mass is 32.2. The van der Waals surface area contributed by atoms with Crippen LogP contribution in [-0.4, -0.2) is 40.6 Å². The SMILES string of the molecule is CNS(=O)(=O)Nc1cccc(Cc2c(CNCc3cccc(C(F)(F)F)c3)c3ccc(OC(=O)N(C)C)cc3oc2=O)c1F. The van der Waals surface area contributed by atoms with Crippen LogP contribution in [0.4, 0.5) is 28.0 Å². The van der Waals surface area contributed by atoms with Crippen LogP contribution in [0.2, 0.25) is 0 Å². The third kappa shape index (κ3) is 7.72. The molecule has 10 nitrogen and oxygen atoms in total. The van der Waals surface area contributed by atoms with Crippen LogP contribution in [0, 0.1) is 5.82 Å². The van der Waals surface area contributed by atoms with E-state index in [1.165, 1.54) is 67.5 Å². The molecule has 0 radical (unpaired) electrons. The van der Waals surface area contributed by atoms with Crippen LogP contribution in [0.3, 0.4) is 0 Å². The summed E-state index contributed by atoms with van der Waals surface area (Å²) in [6, 6.07) is 13.1. The first kappa shape index (κ1) is 32.4. The summed E-state index contributed by atoms with van der Waals surface area (Å²) in [6.07, 6.45) is -5.50. The number of rotatable bonds is 10. The quantitative estimate of drug-likeness (QED) is 0.169. The Morgan fingerprint density at radius 3 is 2.41 bits per heavy atom. The summed E-state index contributed by atoms with van der Waals surface area (Å²) in [5, 5.41) is 3.43. The van der Waals surface area contributed by atoms with E-state index in [2.05, 4.69) is 10.0 Å². The van der Waals surface area contributed by atoms with Crippen molar-refractivity contribution in [3.8, 4) is 5.75 Å². The summed E-state index contributed by atoms with van der Waals surface area (Å²) in [5.74, 6) is -0.829. The smallest absolute Gasteiger partial charge is 0.416 e. The summed E-state index contributed by atoms with van der Waals surface area (Å²) < 4.78 is 93.7. The van der Waals surface area contributed by atoms with Gasteiger partial charge in [0.2, 0.25) is 0 Å². The van der Waals surface area contributed by atoms with Crippen molar-refractivity contribution >= 4 is 33.0 Å². The predicted octanol–water partition coefficient (Wildman–Crippen LogP) is 4.77. The molecule has 1 heterocycles. The molecule has 1 amide bonds. The average Bonchev–Trinajstić information content (AvgIpc) is 2.96. The summed E-state index contributed by atoms with van der Waals surface area (Å²) in [4.78, 5) is 26.5. The molecular weight excluding hydrogens is 608 g/mol. The third-order valence-electron chi connectivity index (χ3n) is 6.51. The number of nitrogens with zero attached hydrogens (tertiary/aromatic N) is 1. The topological polar surface area (TPSA) is 130 Å². The first-order valence-corrected chi connectivity index (χ1v) is 14.5. The third-order valence-corrected chi connectivity index (χ3v) is 7.53. The molecule has 0 bridgehead atoms. The van der Waals surface area contributed by atoms with E-state index < -0.39 is 39.5 Å². The summed E-state index contributed by atoms with van der Waals surface area (Å²) in [6.45, 7) is -0.0442. The number of nitrogens with one attached hydrogen (secondary N) is 3. The maximum atomic E-state index is 15.4. The molecule has 3 aromatic carbocycles. The fourth-order valence-corrected chi connectivity index (χ4v) is 4.84. The fourth-order valence-electron chi connectivity index (χ4n) is 4.29. The first-order valence-electron chi connectivity index (χ1n) is 13.0. The molecule has 0 saturated carbocycles. The van der Waals surface area contributed by atoms with Crippen LogP contribution >= 0.6 is 0 Å². The lowest BCUT2D eigenvalue weighted by atomic mass is 9.97. The molecule has 0 spiro atoms. The van der Waals surface area contributed by atoms with Gasteiger partial charge < -0.3 is 19.4 Å². The van der Waals surface area contributed by atoms with E-state index in [0.29, 0.717) is 16.5 Å². The van der Waals surface area contributed by atoms with Crippen molar-refractivity contribution in [2.24, 2.45) is 0 Å². The number of hydrogen-bond donors (Lipinski definition) is 3. The zero-order chi connectivity index (χ0) is 32.2. The molecule has 0 atom stereocenters. The number of fused-ring (bicyclic) bond motifs is 1. The van der Waals surface area contributed by atoms with Gasteiger partial charge in [0.05, 0.1) is 11.3 Å². The van der Waals surface area contributed by atoms with Crippen LogP contribution in [0.25, 0.3) is 11.0 Å². The Bertz CT molecular complexity index is 1860. The Labute approximate surface area is 249 Å². The largest absolute Gasteiger partial charge is 0.422 e. The van der Waals surface area contributed by atoms with Gasteiger partial charge in [0.1, 0.15) is 11.3 Å². The first-order chi connectivity index (χ1) is 20.7. The van der Waals surface area contributed by atoms with Crippen molar-refractivity contribution in [2.75, 3.05) is 25.9 Å². The second kappa shape index (κ2) is 13.0. The minimum atomic E-state index is -4.52. The molecule has 3 N–H and O–H groups in total. The molecule has 0 aliphatic heterocycles. The molecule has 0 fully saturated rings. The van der Waals surface area contributed by atoms with Crippen LogP contribution < -0.4 is 25.1 Å². The Morgan fingerprint density at radius 2 is 1.73 bits per heavy atom. The number of benzene rings is 3. The molecule has 15 heteroatoms. The molecule has 234 valence electrons. The standard InChI is InChI=1S/C29H28F4N4O6S/c1-34-44(40,41)36-24-9-5-7-18(26(24)30)13-22-23(16-35-15-17-6-4-8-19(12-17)29(31,32)33)21-11-10-20(42-28(39)37(2)3)14-25(21)43-27(22)38/h4-12,14,34-36H,13,15-16H2,1-3H3. The lowest BCUT2D eigenvalue weighted by Crippen LogP contribution is -2.27. The average molecular weight is 637 g/mol. The van der Waals surface area contributed by atoms with Crippen LogP contribution in [0.15, 0.2) is 69.9 Å². The maximum Gasteiger partial charge on any atom is 0.416 e. The van der Waals surface area contributed by atoms with Crippen molar-refractivity contribution in [1.29, 1.82) is 0 Å². The minimum absolute atomic E-state index is 0.000738. The van der Waals surface area contributed by atoms with E-state index in [0.717, 1.165) is 19.2 Å². The van der Waals surface area contributed by atoms with Crippen molar-refractivity contribution in [3.63, 3.8) is 0 Å². The minimum Gasteiger partial charge on any atom is -0.422 e. The van der Waals surface area contributed by atoms with Gasteiger partial charge in [0, 0.05) is 57.7 Å². The predicted molar refractivity (Wildman–Crippen MR) is 155 cm³/mol. The van der Waals surface area contributed by atoms with Crippen molar-refractivity contribution in [1.82, 2.24) is 14.9 Å². The van der Waals surface area contributed by atoms with E-state index in [4.69, 9.17) is 9.15 Å². The number of hydrogen-bond acceptors (Lipinski definition) is 7. The number of alkyl halides is 3. The van der Waals surface area contributed by atoms with Crippen molar-refractivity contribution in [2.45, 2.75) is 25.7 Å². The normalized spacial score (nSPS) is 11.9. The van der Waals surface area contributed by atoms with Crippen LogP contribution in [-0.2, 0) is 35.9 Å². The molecular formula is C29H28F4N4O6S. The van der Waals surface area contributed by atoms with Gasteiger partial charge in [-0.3, -0.25) is 4.72 Å². The molecule has 1 aromatic heterocycles.